The van der Waals surface area contributed by atoms with E-state index in [-0.39, 0.29) is 11.8 Å². The second kappa shape index (κ2) is 5.67. The summed E-state index contributed by atoms with van der Waals surface area (Å²) in [5.41, 5.74) is 1.43. The van der Waals surface area contributed by atoms with Crippen molar-refractivity contribution in [1.29, 1.82) is 0 Å². The molecule has 18 heavy (non-hydrogen) atoms. The predicted molar refractivity (Wildman–Crippen MR) is 70.7 cm³/mol. The molecule has 1 aliphatic heterocycles. The van der Waals surface area contributed by atoms with Gasteiger partial charge in [0.25, 0.3) is 5.91 Å². The molecule has 1 fully saturated rings. The van der Waals surface area contributed by atoms with E-state index >= 15 is 0 Å². The lowest BCUT2D eigenvalue weighted by Crippen LogP contribution is -2.26. The van der Waals surface area contributed by atoms with Crippen molar-refractivity contribution in [2.75, 3.05) is 18.0 Å². The largest absolute Gasteiger partial charge is 0.352 e. The Morgan fingerprint density at radius 3 is 2.94 bits per heavy atom. The highest BCUT2D eigenvalue weighted by Gasteiger charge is 2.22. The normalized spacial score (nSPS) is 14.9. The standard InChI is InChI=1S/C14H18N2O2/c1-2-8-15-14(18)11-5-3-6-12(10-11)16-9-4-7-13(16)17/h3,5-6,10H,2,4,7-9H2,1H3,(H,15,18). The lowest BCUT2D eigenvalue weighted by atomic mass is 10.1. The van der Waals surface area contributed by atoms with E-state index < -0.39 is 0 Å². The van der Waals surface area contributed by atoms with Gasteiger partial charge in [0.1, 0.15) is 0 Å². The van der Waals surface area contributed by atoms with Crippen molar-refractivity contribution in [3.63, 3.8) is 0 Å². The zero-order valence-electron chi connectivity index (χ0n) is 10.6. The Labute approximate surface area is 107 Å². The molecule has 4 nitrogen and oxygen atoms in total. The van der Waals surface area contributed by atoms with Gasteiger partial charge in [-0.3, -0.25) is 9.59 Å². The monoisotopic (exact) mass is 246 g/mol. The summed E-state index contributed by atoms with van der Waals surface area (Å²) in [6.45, 7) is 3.43. The number of carbonyl (C=O) groups is 2. The molecule has 1 saturated heterocycles. The van der Waals surface area contributed by atoms with Crippen molar-refractivity contribution >= 4 is 17.5 Å². The molecular weight excluding hydrogens is 228 g/mol. The van der Waals surface area contributed by atoms with Crippen LogP contribution in [0, 0.1) is 0 Å². The van der Waals surface area contributed by atoms with Crippen LogP contribution in [-0.4, -0.2) is 24.9 Å². The van der Waals surface area contributed by atoms with Gasteiger partial charge in [-0.05, 0) is 31.0 Å². The van der Waals surface area contributed by atoms with E-state index in [0.29, 0.717) is 18.5 Å². The minimum atomic E-state index is -0.0784. The maximum atomic E-state index is 11.8. The number of anilines is 1. The summed E-state index contributed by atoms with van der Waals surface area (Å²) < 4.78 is 0. The van der Waals surface area contributed by atoms with Crippen molar-refractivity contribution in [2.45, 2.75) is 26.2 Å². The molecule has 1 N–H and O–H groups in total. The average Bonchev–Trinajstić information content (AvgIpc) is 2.82. The summed E-state index contributed by atoms with van der Waals surface area (Å²) >= 11 is 0. The Balaban J connectivity index is 2.14. The number of carbonyl (C=O) groups excluding carboxylic acids is 2. The van der Waals surface area contributed by atoms with E-state index in [4.69, 9.17) is 0 Å². The lowest BCUT2D eigenvalue weighted by Gasteiger charge is -2.16. The average molecular weight is 246 g/mol. The Morgan fingerprint density at radius 1 is 1.44 bits per heavy atom. The summed E-state index contributed by atoms with van der Waals surface area (Å²) in [4.78, 5) is 25.2. The van der Waals surface area contributed by atoms with Crippen molar-refractivity contribution in [3.8, 4) is 0 Å². The number of amides is 2. The minimum Gasteiger partial charge on any atom is -0.352 e. The maximum Gasteiger partial charge on any atom is 0.251 e. The van der Waals surface area contributed by atoms with Crippen LogP contribution in [0.1, 0.15) is 36.5 Å². The summed E-state index contributed by atoms with van der Waals surface area (Å²) in [6.07, 6.45) is 2.41. The van der Waals surface area contributed by atoms with Gasteiger partial charge in [-0.25, -0.2) is 0 Å². The molecule has 2 rings (SSSR count). The van der Waals surface area contributed by atoms with Crippen LogP contribution >= 0.6 is 0 Å². The SMILES string of the molecule is CCCNC(=O)c1cccc(N2CCCC2=O)c1. The van der Waals surface area contributed by atoms with Crippen LogP contribution in [0.4, 0.5) is 5.69 Å². The van der Waals surface area contributed by atoms with Gasteiger partial charge >= 0.3 is 0 Å². The summed E-state index contributed by atoms with van der Waals surface area (Å²) in [6, 6.07) is 7.25. The van der Waals surface area contributed by atoms with E-state index in [0.717, 1.165) is 25.1 Å². The van der Waals surface area contributed by atoms with Crippen LogP contribution in [0.25, 0.3) is 0 Å². The number of rotatable bonds is 4. The highest BCUT2D eigenvalue weighted by atomic mass is 16.2. The molecule has 96 valence electrons. The van der Waals surface area contributed by atoms with E-state index in [1.165, 1.54) is 0 Å². The Kier molecular flexibility index (Phi) is 3.97. The number of hydrogen-bond donors (Lipinski definition) is 1. The highest BCUT2D eigenvalue weighted by molar-refractivity contribution is 5.99. The molecule has 0 atom stereocenters. The summed E-state index contributed by atoms with van der Waals surface area (Å²) in [5, 5.41) is 2.84. The smallest absolute Gasteiger partial charge is 0.251 e. The zero-order valence-corrected chi connectivity index (χ0v) is 10.6. The van der Waals surface area contributed by atoms with Gasteiger partial charge in [0.15, 0.2) is 0 Å². The summed E-state index contributed by atoms with van der Waals surface area (Å²) in [5.74, 6) is 0.0615. The first kappa shape index (κ1) is 12.6. The Morgan fingerprint density at radius 2 is 2.28 bits per heavy atom. The number of benzene rings is 1. The maximum absolute atomic E-state index is 11.8. The number of hydrogen-bond acceptors (Lipinski definition) is 2. The molecule has 4 heteroatoms. The van der Waals surface area contributed by atoms with Crippen molar-refractivity contribution in [2.24, 2.45) is 0 Å². The van der Waals surface area contributed by atoms with E-state index in [9.17, 15) is 9.59 Å². The molecule has 0 radical (unpaired) electrons. The van der Waals surface area contributed by atoms with Gasteiger partial charge in [-0.15, -0.1) is 0 Å². The fourth-order valence-corrected chi connectivity index (χ4v) is 2.08. The molecule has 0 aromatic heterocycles. The number of nitrogens with zero attached hydrogens (tertiary/aromatic N) is 1. The fraction of sp³-hybridized carbons (Fsp3) is 0.429. The molecule has 0 bridgehead atoms. The first-order chi connectivity index (χ1) is 8.72. The molecule has 0 saturated carbocycles. The van der Waals surface area contributed by atoms with Gasteiger partial charge in [-0.1, -0.05) is 13.0 Å². The zero-order chi connectivity index (χ0) is 13.0. The van der Waals surface area contributed by atoms with E-state index in [1.807, 2.05) is 19.1 Å². The molecule has 1 aliphatic rings. The van der Waals surface area contributed by atoms with Crippen LogP contribution in [0.2, 0.25) is 0 Å². The molecule has 1 aromatic carbocycles. The van der Waals surface area contributed by atoms with Gasteiger partial charge in [-0.2, -0.15) is 0 Å². The highest BCUT2D eigenvalue weighted by Crippen LogP contribution is 2.22. The Hall–Kier alpha value is -1.84. The second-order valence-corrected chi connectivity index (χ2v) is 4.46. The topological polar surface area (TPSA) is 49.4 Å². The number of nitrogens with one attached hydrogen (secondary N) is 1. The minimum absolute atomic E-state index is 0.0784. The fourth-order valence-electron chi connectivity index (χ4n) is 2.08. The molecule has 2 amide bonds. The van der Waals surface area contributed by atoms with Crippen LogP contribution in [0.3, 0.4) is 0 Å². The Bertz CT molecular complexity index is 457. The van der Waals surface area contributed by atoms with Crippen LogP contribution < -0.4 is 10.2 Å². The molecule has 1 aromatic rings. The van der Waals surface area contributed by atoms with Gasteiger partial charge in [0, 0.05) is 30.8 Å². The first-order valence-corrected chi connectivity index (χ1v) is 6.41. The van der Waals surface area contributed by atoms with Crippen molar-refractivity contribution in [3.05, 3.63) is 29.8 Å². The molecule has 0 aliphatic carbocycles. The third kappa shape index (κ3) is 2.70. The first-order valence-electron chi connectivity index (χ1n) is 6.41. The summed E-state index contributed by atoms with van der Waals surface area (Å²) in [7, 11) is 0. The molecule has 0 unspecified atom stereocenters. The molecule has 0 spiro atoms. The van der Waals surface area contributed by atoms with Crippen LogP contribution in [0.5, 0.6) is 0 Å². The van der Waals surface area contributed by atoms with Crippen molar-refractivity contribution in [1.82, 2.24) is 5.32 Å². The van der Waals surface area contributed by atoms with Crippen LogP contribution in [0.15, 0.2) is 24.3 Å². The third-order valence-electron chi connectivity index (χ3n) is 3.03. The van der Waals surface area contributed by atoms with E-state index in [1.54, 1.807) is 17.0 Å². The molecular formula is C14H18N2O2. The second-order valence-electron chi connectivity index (χ2n) is 4.46. The van der Waals surface area contributed by atoms with Gasteiger partial charge in [0.2, 0.25) is 5.91 Å². The third-order valence-corrected chi connectivity index (χ3v) is 3.03. The van der Waals surface area contributed by atoms with Crippen molar-refractivity contribution < 1.29 is 9.59 Å². The lowest BCUT2D eigenvalue weighted by molar-refractivity contribution is -0.117. The van der Waals surface area contributed by atoms with Crippen LogP contribution in [-0.2, 0) is 4.79 Å². The predicted octanol–water partition coefficient (Wildman–Crippen LogP) is 1.95. The van der Waals surface area contributed by atoms with E-state index in [2.05, 4.69) is 5.32 Å². The van der Waals surface area contributed by atoms with Gasteiger partial charge in [0.05, 0.1) is 0 Å². The quantitative estimate of drug-likeness (QED) is 0.882. The van der Waals surface area contributed by atoms with Gasteiger partial charge < -0.3 is 10.2 Å². The molecule has 1 heterocycles.